The van der Waals surface area contributed by atoms with Crippen molar-refractivity contribution < 1.29 is 33.3 Å². The average Bonchev–Trinajstić information content (AvgIpc) is 3.23. The Labute approximate surface area is 180 Å². The fourth-order valence-corrected chi connectivity index (χ4v) is 3.54. The van der Waals surface area contributed by atoms with Crippen LogP contribution in [0.3, 0.4) is 0 Å². The van der Waals surface area contributed by atoms with E-state index in [-0.39, 0.29) is 0 Å². The summed E-state index contributed by atoms with van der Waals surface area (Å²) >= 11 is 1.63. The Kier molecular flexibility index (Phi) is 7.48. The Hall–Kier alpha value is -2.84. The summed E-state index contributed by atoms with van der Waals surface area (Å²) in [5.74, 6) is 0.899. The van der Waals surface area contributed by atoms with E-state index >= 15 is 0 Å². The summed E-state index contributed by atoms with van der Waals surface area (Å²) < 4.78 is 40.2. The lowest BCUT2D eigenvalue weighted by atomic mass is 10.0. The van der Waals surface area contributed by atoms with E-state index in [0.717, 1.165) is 33.1 Å². The maximum absolute atomic E-state index is 8.49. The van der Waals surface area contributed by atoms with Crippen molar-refractivity contribution in [3.05, 3.63) is 113 Å². The van der Waals surface area contributed by atoms with Gasteiger partial charge in [-0.3, -0.25) is 0 Å². The second kappa shape index (κ2) is 10.3. The molecule has 0 aliphatic rings. The highest BCUT2D eigenvalue weighted by Gasteiger charge is 2.24. The van der Waals surface area contributed by atoms with Crippen molar-refractivity contribution >= 4 is 23.0 Å². The molecule has 30 heavy (non-hydrogen) atoms. The number of halogens is 1. The third-order valence-corrected chi connectivity index (χ3v) is 4.80. The van der Waals surface area contributed by atoms with Crippen LogP contribution in [-0.2, 0) is 0 Å². The highest BCUT2D eigenvalue weighted by atomic mass is 35.7. The number of rotatable bonds is 4. The lowest BCUT2D eigenvalue weighted by Crippen LogP contribution is -2.68. The molecule has 152 valence electrons. The first-order valence-corrected chi connectivity index (χ1v) is 10.9. The molecule has 1 heterocycles. The minimum atomic E-state index is -4.94. The first-order chi connectivity index (χ1) is 14.4. The lowest BCUT2D eigenvalue weighted by Gasteiger charge is -2.17. The molecule has 5 nitrogen and oxygen atoms in total. The molecule has 0 amide bonds. The minimum absolute atomic E-state index is 0.899. The zero-order valence-electron chi connectivity index (χ0n) is 15.6. The molecule has 0 atom stereocenters. The van der Waals surface area contributed by atoms with Crippen LogP contribution >= 0.6 is 11.3 Å². The molecule has 0 N–H and O–H groups in total. The quantitative estimate of drug-likeness (QED) is 0.357. The molecule has 0 saturated carbocycles. The SMILES string of the molecule is C(=C(/c1ccccc1)c1[o+]c(-c2ccccc2)cs1)/c1ccccc1.[O-][Cl+3]([O-])([O-])[O-]. The van der Waals surface area contributed by atoms with Crippen LogP contribution in [0.15, 0.2) is 101 Å². The Bertz CT molecular complexity index is 1070. The minimum Gasteiger partial charge on any atom is -0.222 e. The van der Waals surface area contributed by atoms with Crippen molar-refractivity contribution in [3.8, 4) is 11.3 Å². The molecule has 0 radical (unpaired) electrons. The van der Waals surface area contributed by atoms with Gasteiger partial charge in [0.2, 0.25) is 0 Å². The molecular formula is C23H17ClO5S. The van der Waals surface area contributed by atoms with Crippen molar-refractivity contribution in [2.24, 2.45) is 0 Å². The summed E-state index contributed by atoms with van der Waals surface area (Å²) in [6, 6.07) is 30.9. The molecule has 1 aromatic heterocycles. The molecule has 4 rings (SSSR count). The standard InChI is InChI=1S/C23H17OS.ClHO4/c1-4-10-18(11-5-1)16-21(19-12-6-2-7-13-19)23-24-22(17-25-23)20-14-8-3-9-15-20;2-1(3,4)5/h1-17H;(H,2,3,4,5)/q+1;/p-1/b21-16+;. The van der Waals surface area contributed by atoms with Crippen molar-refractivity contribution in [1.82, 2.24) is 0 Å². The summed E-state index contributed by atoms with van der Waals surface area (Å²) in [6.45, 7) is 0. The molecule has 0 unspecified atom stereocenters. The van der Waals surface area contributed by atoms with E-state index in [9.17, 15) is 0 Å². The van der Waals surface area contributed by atoms with E-state index in [1.165, 1.54) is 0 Å². The second-order valence-corrected chi connectivity index (χ2v) is 7.67. The molecule has 0 spiro atoms. The molecule has 0 aliphatic heterocycles. The van der Waals surface area contributed by atoms with E-state index in [1.54, 1.807) is 11.3 Å². The smallest absolute Gasteiger partial charge is 0.222 e. The number of hydrogen-bond acceptors (Lipinski definition) is 5. The van der Waals surface area contributed by atoms with E-state index in [0.29, 0.717) is 0 Å². The van der Waals surface area contributed by atoms with Crippen LogP contribution in [-0.4, -0.2) is 0 Å². The predicted molar refractivity (Wildman–Crippen MR) is 106 cm³/mol. The molecule has 7 heteroatoms. The van der Waals surface area contributed by atoms with Gasteiger partial charge >= 0.3 is 10.8 Å². The third kappa shape index (κ3) is 6.89. The Balaban J connectivity index is 0.000000461. The largest absolute Gasteiger partial charge is 0.418 e. The zero-order chi connectivity index (χ0) is 21.4. The van der Waals surface area contributed by atoms with Gasteiger partial charge in [0, 0.05) is 0 Å². The summed E-state index contributed by atoms with van der Waals surface area (Å²) in [5.41, 5.74) is 4.50. The van der Waals surface area contributed by atoms with Crippen molar-refractivity contribution in [2.75, 3.05) is 0 Å². The van der Waals surface area contributed by atoms with Crippen molar-refractivity contribution in [2.45, 2.75) is 0 Å². The normalized spacial score (nSPS) is 11.5. The average molecular weight is 441 g/mol. The van der Waals surface area contributed by atoms with Crippen LogP contribution in [0, 0.1) is 10.2 Å². The number of benzene rings is 3. The Morgan fingerprint density at radius 1 is 0.733 bits per heavy atom. The summed E-state index contributed by atoms with van der Waals surface area (Å²) in [6.07, 6.45) is 2.18. The molecule has 4 aromatic rings. The maximum Gasteiger partial charge on any atom is 0.418 e. The molecule has 3 aromatic carbocycles. The molecule has 0 bridgehead atoms. The summed E-state index contributed by atoms with van der Waals surface area (Å²) in [4.78, 5) is 0. The van der Waals surface area contributed by atoms with Crippen molar-refractivity contribution in [3.63, 3.8) is 0 Å². The van der Waals surface area contributed by atoms with Gasteiger partial charge in [-0.15, -0.1) is 10.2 Å². The number of hydrogen-bond donors (Lipinski definition) is 0. The fraction of sp³-hybridized carbons (Fsp3) is 0. The highest BCUT2D eigenvalue weighted by molar-refractivity contribution is 7.11. The fourth-order valence-electron chi connectivity index (χ4n) is 2.70. The van der Waals surface area contributed by atoms with Crippen molar-refractivity contribution in [1.29, 1.82) is 0 Å². The molecule has 0 saturated heterocycles. The van der Waals surface area contributed by atoms with Gasteiger partial charge in [0.05, 0.1) is 11.1 Å². The topological polar surface area (TPSA) is 104 Å². The van der Waals surface area contributed by atoms with Gasteiger partial charge in [0.25, 0.3) is 0 Å². The second-order valence-electron chi connectivity index (χ2n) is 6.07. The third-order valence-electron chi connectivity index (χ3n) is 3.95. The monoisotopic (exact) mass is 440 g/mol. The van der Waals surface area contributed by atoms with Crippen LogP contribution in [0.2, 0.25) is 0 Å². The maximum atomic E-state index is 8.49. The molecular weight excluding hydrogens is 424 g/mol. The molecule has 0 fully saturated rings. The van der Waals surface area contributed by atoms with Crippen LogP contribution in [0.5, 0.6) is 0 Å². The van der Waals surface area contributed by atoms with Gasteiger partial charge in [-0.25, -0.2) is 18.6 Å². The first-order valence-electron chi connectivity index (χ1n) is 8.81. The van der Waals surface area contributed by atoms with Gasteiger partial charge in [0.1, 0.15) is 5.38 Å². The van der Waals surface area contributed by atoms with E-state index < -0.39 is 10.2 Å². The molecule has 0 aliphatic carbocycles. The van der Waals surface area contributed by atoms with Crippen LogP contribution < -0.4 is 18.6 Å². The summed E-state index contributed by atoms with van der Waals surface area (Å²) in [5, 5.41) is 2.99. The predicted octanol–water partition coefficient (Wildman–Crippen LogP) is 2.12. The van der Waals surface area contributed by atoms with E-state index in [4.69, 9.17) is 23.1 Å². The Morgan fingerprint density at radius 3 is 1.80 bits per heavy atom. The van der Waals surface area contributed by atoms with Crippen LogP contribution in [0.1, 0.15) is 16.2 Å². The summed E-state index contributed by atoms with van der Waals surface area (Å²) in [7, 11) is -4.94. The lowest BCUT2D eigenvalue weighted by molar-refractivity contribution is -2.00. The van der Waals surface area contributed by atoms with Gasteiger partial charge in [-0.1, -0.05) is 78.9 Å². The van der Waals surface area contributed by atoms with Crippen LogP contribution in [0.25, 0.3) is 23.0 Å². The first kappa shape index (κ1) is 21.9. The Morgan fingerprint density at radius 2 is 1.23 bits per heavy atom. The zero-order valence-corrected chi connectivity index (χ0v) is 17.2. The van der Waals surface area contributed by atoms with E-state index in [1.807, 2.05) is 30.3 Å². The van der Waals surface area contributed by atoms with Crippen LogP contribution in [0.4, 0.5) is 0 Å². The van der Waals surface area contributed by atoms with Gasteiger partial charge in [-0.2, -0.15) is 4.42 Å². The van der Waals surface area contributed by atoms with E-state index in [2.05, 4.69) is 72.1 Å². The van der Waals surface area contributed by atoms with Gasteiger partial charge < -0.3 is 0 Å². The van der Waals surface area contributed by atoms with Gasteiger partial charge in [0.15, 0.2) is 0 Å². The van der Waals surface area contributed by atoms with Gasteiger partial charge in [-0.05, 0) is 40.7 Å². The highest BCUT2D eigenvalue weighted by Crippen LogP contribution is 2.34.